The Morgan fingerprint density at radius 1 is 1.32 bits per heavy atom. The summed E-state index contributed by atoms with van der Waals surface area (Å²) >= 11 is 0. The summed E-state index contributed by atoms with van der Waals surface area (Å²) in [6.45, 7) is 0. The third-order valence-electron chi connectivity index (χ3n) is 2.34. The molecule has 1 aromatic carbocycles. The van der Waals surface area contributed by atoms with Crippen molar-refractivity contribution >= 4 is 23.0 Å². The van der Waals surface area contributed by atoms with Crippen LogP contribution >= 0.6 is 0 Å². The maximum Gasteiger partial charge on any atom is 0.336 e. The molecule has 0 aliphatic rings. The number of phenolic OH excluding ortho intramolecular Hbond substituents is 1. The predicted octanol–water partition coefficient (Wildman–Crippen LogP) is 1.87. The molecule has 7 heteroatoms. The largest absolute Gasteiger partial charge is 0.503 e. The average molecular weight is 268 g/mol. The van der Waals surface area contributed by atoms with Gasteiger partial charge in [-0.15, -0.1) is 0 Å². The Bertz CT molecular complexity index is 761. The molecular formula is C12H6F2O5. The fourth-order valence-electron chi connectivity index (χ4n) is 1.54. The first-order chi connectivity index (χ1) is 8.90. The number of phenols is 1. The first kappa shape index (κ1) is 12.7. The summed E-state index contributed by atoms with van der Waals surface area (Å²) in [4.78, 5) is 21.6. The third-order valence-corrected chi connectivity index (χ3v) is 2.34. The van der Waals surface area contributed by atoms with Crippen LogP contribution < -0.4 is 5.63 Å². The van der Waals surface area contributed by atoms with E-state index in [0.717, 1.165) is 18.2 Å². The lowest BCUT2D eigenvalue weighted by Gasteiger charge is -2.04. The number of carboxylic acid groups (broad SMARTS) is 1. The molecule has 0 aliphatic heterocycles. The van der Waals surface area contributed by atoms with Crippen LogP contribution in [0.4, 0.5) is 8.78 Å². The second kappa shape index (κ2) is 4.52. The molecule has 0 radical (unpaired) electrons. The standard InChI is InChI=1S/C12H6F2O5/c13-7-4-6-5(1-2-8(15)16)3-9(17)19-12(6)10(14)11(7)18/h1-4,18H,(H,15,16)/b2-1+. The van der Waals surface area contributed by atoms with E-state index in [0.29, 0.717) is 6.08 Å². The molecular weight excluding hydrogens is 262 g/mol. The minimum absolute atomic E-state index is 0.0357. The van der Waals surface area contributed by atoms with Crippen LogP contribution in [0.2, 0.25) is 0 Å². The van der Waals surface area contributed by atoms with Crippen LogP contribution in [0.1, 0.15) is 5.56 Å². The van der Waals surface area contributed by atoms with Gasteiger partial charge in [-0.3, -0.25) is 0 Å². The van der Waals surface area contributed by atoms with E-state index in [2.05, 4.69) is 4.42 Å². The maximum absolute atomic E-state index is 13.6. The van der Waals surface area contributed by atoms with Gasteiger partial charge in [-0.25, -0.2) is 14.0 Å². The molecule has 1 heterocycles. The maximum atomic E-state index is 13.6. The van der Waals surface area contributed by atoms with E-state index >= 15 is 0 Å². The van der Waals surface area contributed by atoms with Crippen LogP contribution in [0.5, 0.6) is 5.75 Å². The Hall–Kier alpha value is -2.70. The predicted molar refractivity (Wildman–Crippen MR) is 60.7 cm³/mol. The summed E-state index contributed by atoms with van der Waals surface area (Å²) < 4.78 is 31.3. The Kier molecular flexibility index (Phi) is 3.04. The number of carbonyl (C=O) groups is 1. The zero-order valence-electron chi connectivity index (χ0n) is 9.18. The summed E-state index contributed by atoms with van der Waals surface area (Å²) in [5, 5.41) is 17.4. The zero-order chi connectivity index (χ0) is 14.2. The third kappa shape index (κ3) is 2.30. The number of carboxylic acids is 1. The number of hydrogen-bond acceptors (Lipinski definition) is 4. The SMILES string of the molecule is O=C(O)/C=C/c1cc(=O)oc2c(F)c(O)c(F)cc12. The van der Waals surface area contributed by atoms with E-state index in [9.17, 15) is 18.4 Å². The molecule has 0 spiro atoms. The lowest BCUT2D eigenvalue weighted by Crippen LogP contribution is -2.00. The minimum Gasteiger partial charge on any atom is -0.503 e. The molecule has 0 bridgehead atoms. The molecule has 0 atom stereocenters. The summed E-state index contributed by atoms with van der Waals surface area (Å²) in [6, 6.07) is 1.63. The lowest BCUT2D eigenvalue weighted by molar-refractivity contribution is -0.131. The number of aromatic hydroxyl groups is 1. The molecule has 0 amide bonds. The molecule has 1 aromatic heterocycles. The highest BCUT2D eigenvalue weighted by atomic mass is 19.1. The molecule has 0 fully saturated rings. The molecule has 2 aromatic rings. The quantitative estimate of drug-likeness (QED) is 0.641. The smallest absolute Gasteiger partial charge is 0.336 e. The van der Waals surface area contributed by atoms with E-state index in [1.807, 2.05) is 0 Å². The average Bonchev–Trinajstić information content (AvgIpc) is 2.34. The number of aliphatic carboxylic acids is 1. The van der Waals surface area contributed by atoms with Gasteiger partial charge in [-0.2, -0.15) is 4.39 Å². The van der Waals surface area contributed by atoms with Crippen molar-refractivity contribution in [2.75, 3.05) is 0 Å². The van der Waals surface area contributed by atoms with E-state index < -0.39 is 34.6 Å². The van der Waals surface area contributed by atoms with Gasteiger partial charge in [-0.05, 0) is 17.7 Å². The minimum atomic E-state index is -1.42. The molecule has 0 saturated heterocycles. The normalized spacial score (nSPS) is 11.3. The Morgan fingerprint density at radius 2 is 2.00 bits per heavy atom. The topological polar surface area (TPSA) is 87.7 Å². The van der Waals surface area contributed by atoms with Gasteiger partial charge in [0.1, 0.15) is 0 Å². The van der Waals surface area contributed by atoms with Crippen molar-refractivity contribution in [1.82, 2.24) is 0 Å². The van der Waals surface area contributed by atoms with Crippen molar-refractivity contribution in [2.24, 2.45) is 0 Å². The molecule has 19 heavy (non-hydrogen) atoms. The van der Waals surface area contributed by atoms with Crippen LogP contribution in [0.3, 0.4) is 0 Å². The van der Waals surface area contributed by atoms with Gasteiger partial charge in [0.05, 0.1) is 0 Å². The van der Waals surface area contributed by atoms with Gasteiger partial charge in [-0.1, -0.05) is 0 Å². The Morgan fingerprint density at radius 3 is 2.63 bits per heavy atom. The second-order valence-electron chi connectivity index (χ2n) is 3.59. The van der Waals surface area contributed by atoms with Crippen molar-refractivity contribution in [3.8, 4) is 5.75 Å². The lowest BCUT2D eigenvalue weighted by atomic mass is 10.1. The molecule has 0 saturated carbocycles. The van der Waals surface area contributed by atoms with Crippen molar-refractivity contribution in [2.45, 2.75) is 0 Å². The summed E-state index contributed by atoms with van der Waals surface area (Å²) in [7, 11) is 0. The number of halogens is 2. The van der Waals surface area contributed by atoms with Gasteiger partial charge in [0, 0.05) is 17.5 Å². The second-order valence-corrected chi connectivity index (χ2v) is 3.59. The van der Waals surface area contributed by atoms with Crippen LogP contribution in [-0.2, 0) is 4.79 Å². The van der Waals surface area contributed by atoms with Gasteiger partial charge in [0.25, 0.3) is 0 Å². The van der Waals surface area contributed by atoms with Crippen molar-refractivity contribution < 1.29 is 28.2 Å². The van der Waals surface area contributed by atoms with Crippen LogP contribution in [0, 0.1) is 11.6 Å². The van der Waals surface area contributed by atoms with Crippen molar-refractivity contribution in [3.05, 3.63) is 45.8 Å². The van der Waals surface area contributed by atoms with E-state index in [1.54, 1.807) is 0 Å². The first-order valence-corrected chi connectivity index (χ1v) is 4.96. The summed E-state index contributed by atoms with van der Waals surface area (Å²) in [5.41, 5.74) is -1.63. The molecule has 5 nitrogen and oxygen atoms in total. The van der Waals surface area contributed by atoms with E-state index in [-0.39, 0.29) is 10.9 Å². The van der Waals surface area contributed by atoms with Gasteiger partial charge < -0.3 is 14.6 Å². The molecule has 0 unspecified atom stereocenters. The highest BCUT2D eigenvalue weighted by Gasteiger charge is 2.17. The van der Waals surface area contributed by atoms with Crippen molar-refractivity contribution in [3.63, 3.8) is 0 Å². The fraction of sp³-hybridized carbons (Fsp3) is 0. The summed E-state index contributed by atoms with van der Waals surface area (Å²) in [5.74, 6) is -5.22. The van der Waals surface area contributed by atoms with Crippen LogP contribution in [0.25, 0.3) is 17.0 Å². The number of benzene rings is 1. The van der Waals surface area contributed by atoms with Gasteiger partial charge >= 0.3 is 11.6 Å². The number of rotatable bonds is 2. The molecule has 2 N–H and O–H groups in total. The molecule has 2 rings (SSSR count). The van der Waals surface area contributed by atoms with E-state index in [4.69, 9.17) is 10.2 Å². The first-order valence-electron chi connectivity index (χ1n) is 4.96. The van der Waals surface area contributed by atoms with Crippen LogP contribution in [0.15, 0.2) is 27.4 Å². The summed E-state index contributed by atoms with van der Waals surface area (Å²) in [6.07, 6.45) is 1.70. The van der Waals surface area contributed by atoms with E-state index in [1.165, 1.54) is 0 Å². The highest BCUT2D eigenvalue weighted by molar-refractivity contribution is 5.92. The zero-order valence-corrected chi connectivity index (χ0v) is 9.18. The van der Waals surface area contributed by atoms with Crippen molar-refractivity contribution in [1.29, 1.82) is 0 Å². The van der Waals surface area contributed by atoms with Gasteiger partial charge in [0.15, 0.2) is 17.1 Å². The van der Waals surface area contributed by atoms with Gasteiger partial charge in [0.2, 0.25) is 5.82 Å². The monoisotopic (exact) mass is 268 g/mol. The number of hydrogen-bond donors (Lipinski definition) is 2. The molecule has 98 valence electrons. The highest BCUT2D eigenvalue weighted by Crippen LogP contribution is 2.30. The fourth-order valence-corrected chi connectivity index (χ4v) is 1.54. The Labute approximate surface area is 104 Å². The molecule has 0 aliphatic carbocycles. The number of fused-ring (bicyclic) bond motifs is 1. The Balaban J connectivity index is 2.85. The van der Waals surface area contributed by atoms with Crippen LogP contribution in [-0.4, -0.2) is 16.2 Å².